The van der Waals surface area contributed by atoms with Crippen LogP contribution < -0.4 is 4.31 Å². The molecule has 7 heteroatoms. The van der Waals surface area contributed by atoms with Crippen molar-refractivity contribution in [3.05, 3.63) is 59.7 Å². The minimum atomic E-state index is -3.71. The molecule has 2 aromatic rings. The molecule has 0 saturated heterocycles. The lowest BCUT2D eigenvalue weighted by Crippen LogP contribution is -2.26. The summed E-state index contributed by atoms with van der Waals surface area (Å²) in [6.45, 7) is 0.571. The Kier molecular flexibility index (Phi) is 5.58. The number of aromatic carboxylic acids is 1. The molecule has 0 unspecified atom stereocenters. The molecule has 0 spiro atoms. The molecule has 0 fully saturated rings. The Hall–Kier alpha value is -2.38. The molecule has 0 aromatic heterocycles. The summed E-state index contributed by atoms with van der Waals surface area (Å²) in [4.78, 5) is 11.0. The lowest BCUT2D eigenvalue weighted by atomic mass is 10.2. The maximum absolute atomic E-state index is 12.7. The number of methoxy groups -OCH3 is 1. The topological polar surface area (TPSA) is 83.9 Å². The average Bonchev–Trinajstić information content (AvgIpc) is 2.59. The van der Waals surface area contributed by atoms with Crippen molar-refractivity contribution in [2.75, 3.05) is 25.1 Å². The average molecular weight is 349 g/mol. The van der Waals surface area contributed by atoms with Crippen LogP contribution in [0.15, 0.2) is 53.4 Å². The van der Waals surface area contributed by atoms with E-state index in [-0.39, 0.29) is 10.5 Å². The van der Waals surface area contributed by atoms with Crippen molar-refractivity contribution in [3.63, 3.8) is 0 Å². The molecule has 0 atom stereocenters. The maximum atomic E-state index is 12.7. The summed E-state index contributed by atoms with van der Waals surface area (Å²) < 4.78 is 31.4. The maximum Gasteiger partial charge on any atom is 0.335 e. The van der Waals surface area contributed by atoms with E-state index >= 15 is 0 Å². The Bertz CT molecular complexity index is 798. The van der Waals surface area contributed by atoms with Gasteiger partial charge in [0.1, 0.15) is 0 Å². The zero-order chi connectivity index (χ0) is 17.7. The third-order valence-corrected chi connectivity index (χ3v) is 5.45. The van der Waals surface area contributed by atoms with Crippen molar-refractivity contribution in [2.45, 2.75) is 11.3 Å². The second-order valence-electron chi connectivity index (χ2n) is 5.21. The molecule has 0 aliphatic rings. The molecule has 0 aliphatic heterocycles. The molecule has 0 aliphatic carbocycles. The van der Waals surface area contributed by atoms with Gasteiger partial charge in [0.25, 0.3) is 10.0 Å². The number of benzene rings is 2. The van der Waals surface area contributed by atoms with Gasteiger partial charge in [-0.1, -0.05) is 12.1 Å². The van der Waals surface area contributed by atoms with E-state index in [2.05, 4.69) is 0 Å². The van der Waals surface area contributed by atoms with Crippen LogP contribution in [0.5, 0.6) is 0 Å². The summed E-state index contributed by atoms with van der Waals surface area (Å²) in [7, 11) is -0.659. The fourth-order valence-corrected chi connectivity index (χ4v) is 3.35. The minimum absolute atomic E-state index is 0.104. The molecule has 0 heterocycles. The van der Waals surface area contributed by atoms with E-state index in [1.807, 2.05) is 0 Å². The minimum Gasteiger partial charge on any atom is -0.478 e. The highest BCUT2D eigenvalue weighted by Crippen LogP contribution is 2.22. The van der Waals surface area contributed by atoms with Crippen LogP contribution in [0, 0.1) is 0 Å². The van der Waals surface area contributed by atoms with Crippen LogP contribution >= 0.6 is 0 Å². The largest absolute Gasteiger partial charge is 0.478 e. The molecule has 0 radical (unpaired) electrons. The fraction of sp³-hybridized carbons (Fsp3) is 0.235. The second kappa shape index (κ2) is 7.46. The van der Waals surface area contributed by atoms with Crippen molar-refractivity contribution >= 4 is 21.7 Å². The second-order valence-corrected chi connectivity index (χ2v) is 7.18. The number of ether oxygens (including phenoxy) is 1. The smallest absolute Gasteiger partial charge is 0.335 e. The van der Waals surface area contributed by atoms with Gasteiger partial charge in [0.2, 0.25) is 0 Å². The van der Waals surface area contributed by atoms with E-state index in [1.165, 1.54) is 31.3 Å². The van der Waals surface area contributed by atoms with Gasteiger partial charge in [-0.2, -0.15) is 0 Å². The number of anilines is 1. The number of rotatable bonds is 7. The lowest BCUT2D eigenvalue weighted by molar-refractivity contribution is 0.0697. The number of carboxylic acid groups (broad SMARTS) is 1. The zero-order valence-electron chi connectivity index (χ0n) is 13.5. The van der Waals surface area contributed by atoms with Gasteiger partial charge in [0.15, 0.2) is 0 Å². The van der Waals surface area contributed by atoms with Crippen molar-refractivity contribution in [3.8, 4) is 0 Å². The first-order valence-corrected chi connectivity index (χ1v) is 8.70. The van der Waals surface area contributed by atoms with Gasteiger partial charge >= 0.3 is 5.97 Å². The molecule has 24 heavy (non-hydrogen) atoms. The van der Waals surface area contributed by atoms with Crippen molar-refractivity contribution in [1.82, 2.24) is 0 Å². The van der Waals surface area contributed by atoms with Gasteiger partial charge in [-0.05, 0) is 48.4 Å². The quantitative estimate of drug-likeness (QED) is 0.830. The summed E-state index contributed by atoms with van der Waals surface area (Å²) >= 11 is 0. The third-order valence-electron chi connectivity index (χ3n) is 3.65. The normalized spacial score (nSPS) is 11.2. The van der Waals surface area contributed by atoms with E-state index in [0.717, 1.165) is 9.87 Å². The summed E-state index contributed by atoms with van der Waals surface area (Å²) in [5, 5.41) is 8.90. The van der Waals surface area contributed by atoms with Crippen LogP contribution in [0.1, 0.15) is 15.9 Å². The van der Waals surface area contributed by atoms with Crippen LogP contribution in [-0.2, 0) is 21.2 Å². The Morgan fingerprint density at radius 2 is 1.67 bits per heavy atom. The highest BCUT2D eigenvalue weighted by Gasteiger charge is 2.21. The summed E-state index contributed by atoms with van der Waals surface area (Å²) in [5.74, 6) is -1.06. The first-order chi connectivity index (χ1) is 11.4. The Morgan fingerprint density at radius 1 is 1.08 bits per heavy atom. The Labute approximate surface area is 141 Å². The molecule has 0 bridgehead atoms. The molecule has 1 N–H and O–H groups in total. The zero-order valence-corrected chi connectivity index (χ0v) is 14.3. The van der Waals surface area contributed by atoms with Crippen LogP contribution in [0.4, 0.5) is 5.69 Å². The standard InChI is InChI=1S/C17H19NO5S/c1-18(15-7-5-14(6-8-15)17(19)20)24(21,22)16-9-3-13(4-10-16)11-12-23-2/h3-10H,11-12H2,1-2H3,(H,19,20). The predicted molar refractivity (Wildman–Crippen MR) is 91.0 cm³/mol. The number of carboxylic acids is 1. The number of nitrogens with zero attached hydrogens (tertiary/aromatic N) is 1. The van der Waals surface area contributed by atoms with Crippen molar-refractivity contribution in [2.24, 2.45) is 0 Å². The van der Waals surface area contributed by atoms with Gasteiger partial charge in [0.05, 0.1) is 22.8 Å². The summed E-state index contributed by atoms with van der Waals surface area (Å²) in [5.41, 5.74) is 1.49. The molecular weight excluding hydrogens is 330 g/mol. The molecule has 2 aromatic carbocycles. The van der Waals surface area contributed by atoms with Gasteiger partial charge in [-0.15, -0.1) is 0 Å². The number of sulfonamides is 1. The molecule has 128 valence electrons. The van der Waals surface area contributed by atoms with Gasteiger partial charge in [-0.25, -0.2) is 13.2 Å². The van der Waals surface area contributed by atoms with E-state index in [1.54, 1.807) is 31.4 Å². The monoisotopic (exact) mass is 349 g/mol. The Balaban J connectivity index is 2.23. The van der Waals surface area contributed by atoms with Crippen LogP contribution in [0.25, 0.3) is 0 Å². The van der Waals surface area contributed by atoms with E-state index in [9.17, 15) is 13.2 Å². The lowest BCUT2D eigenvalue weighted by Gasteiger charge is -2.19. The number of carbonyl (C=O) groups is 1. The van der Waals surface area contributed by atoms with Crippen LogP contribution in [0.2, 0.25) is 0 Å². The van der Waals surface area contributed by atoms with Crippen molar-refractivity contribution < 1.29 is 23.1 Å². The number of hydrogen-bond acceptors (Lipinski definition) is 4. The predicted octanol–water partition coefficient (Wildman–Crippen LogP) is 2.40. The van der Waals surface area contributed by atoms with E-state index in [0.29, 0.717) is 18.7 Å². The van der Waals surface area contributed by atoms with Gasteiger partial charge in [-0.3, -0.25) is 4.31 Å². The van der Waals surface area contributed by atoms with Crippen molar-refractivity contribution in [1.29, 1.82) is 0 Å². The van der Waals surface area contributed by atoms with Gasteiger partial charge in [0, 0.05) is 14.2 Å². The van der Waals surface area contributed by atoms with E-state index < -0.39 is 16.0 Å². The third kappa shape index (κ3) is 3.93. The van der Waals surface area contributed by atoms with Crippen LogP contribution in [0.3, 0.4) is 0 Å². The molecule has 6 nitrogen and oxygen atoms in total. The van der Waals surface area contributed by atoms with Crippen LogP contribution in [-0.4, -0.2) is 40.3 Å². The summed E-state index contributed by atoms with van der Waals surface area (Å²) in [6, 6.07) is 12.3. The number of hydrogen-bond donors (Lipinski definition) is 1. The van der Waals surface area contributed by atoms with Gasteiger partial charge < -0.3 is 9.84 Å². The highest BCUT2D eigenvalue weighted by molar-refractivity contribution is 7.92. The SMILES string of the molecule is COCCc1ccc(S(=O)(=O)N(C)c2ccc(C(=O)O)cc2)cc1. The summed E-state index contributed by atoms with van der Waals surface area (Å²) in [6.07, 6.45) is 0.712. The fourth-order valence-electron chi connectivity index (χ4n) is 2.16. The van der Waals surface area contributed by atoms with E-state index in [4.69, 9.17) is 9.84 Å². The first-order valence-electron chi connectivity index (χ1n) is 7.26. The molecule has 0 amide bonds. The Morgan fingerprint density at radius 3 is 2.17 bits per heavy atom. The molecule has 0 saturated carbocycles. The first kappa shape index (κ1) is 18.0. The highest BCUT2D eigenvalue weighted by atomic mass is 32.2. The molecule has 2 rings (SSSR count). The molecular formula is C17H19NO5S.